The highest BCUT2D eigenvalue weighted by atomic mass is 16.5. The van der Waals surface area contributed by atoms with E-state index in [2.05, 4.69) is 18.7 Å². The number of carbonyl (C=O) groups excluding carboxylic acids is 1. The number of hydrogen-bond acceptors (Lipinski definition) is 3. The summed E-state index contributed by atoms with van der Waals surface area (Å²) in [6, 6.07) is 20.2. The van der Waals surface area contributed by atoms with Gasteiger partial charge in [-0.3, -0.25) is 4.79 Å². The summed E-state index contributed by atoms with van der Waals surface area (Å²) in [5.41, 5.74) is 2.32. The highest BCUT2D eigenvalue weighted by molar-refractivity contribution is 5.90. The zero-order chi connectivity index (χ0) is 19.2. The zero-order valence-corrected chi connectivity index (χ0v) is 15.8. The molecular weight excluding hydrogens is 336 g/mol. The number of hydrogen-bond donors (Lipinski definition) is 0. The minimum absolute atomic E-state index is 0.0132. The van der Waals surface area contributed by atoms with Gasteiger partial charge in [0.2, 0.25) is 0 Å². The van der Waals surface area contributed by atoms with E-state index in [4.69, 9.17) is 9.47 Å². The Morgan fingerprint density at radius 2 is 1.59 bits per heavy atom. The molecule has 2 aromatic carbocycles. The van der Waals surface area contributed by atoms with Crippen LogP contribution < -0.4 is 0 Å². The van der Waals surface area contributed by atoms with Gasteiger partial charge in [0.15, 0.2) is 5.78 Å². The Kier molecular flexibility index (Phi) is 9.87. The maximum absolute atomic E-state index is 11.4. The molecule has 0 spiro atoms. The normalized spacial score (nSPS) is 12.1. The quantitative estimate of drug-likeness (QED) is 0.276. The summed E-state index contributed by atoms with van der Waals surface area (Å²) in [6.07, 6.45) is 7.25. The molecule has 27 heavy (non-hydrogen) atoms. The second kappa shape index (κ2) is 12.8. The number of carbonyl (C=O) groups is 1. The number of ether oxygens (including phenoxy) is 2. The van der Waals surface area contributed by atoms with E-state index in [-0.39, 0.29) is 11.9 Å². The van der Waals surface area contributed by atoms with Gasteiger partial charge in [-0.1, -0.05) is 79.4 Å². The van der Waals surface area contributed by atoms with Crippen LogP contribution in [0.1, 0.15) is 30.4 Å². The van der Waals surface area contributed by atoms with E-state index in [1.54, 1.807) is 0 Å². The molecular formula is C24H28O3. The fourth-order valence-electron chi connectivity index (χ4n) is 2.58. The van der Waals surface area contributed by atoms with Crippen molar-refractivity contribution in [2.45, 2.75) is 38.6 Å². The van der Waals surface area contributed by atoms with Crippen LogP contribution in [0.25, 0.3) is 0 Å². The first-order chi connectivity index (χ1) is 13.3. The predicted octanol–water partition coefficient (Wildman–Crippen LogP) is 5.27. The van der Waals surface area contributed by atoms with Crippen LogP contribution in [0, 0.1) is 0 Å². The molecule has 0 aromatic heterocycles. The van der Waals surface area contributed by atoms with E-state index in [1.165, 1.54) is 11.6 Å². The highest BCUT2D eigenvalue weighted by Crippen LogP contribution is 2.11. The lowest BCUT2D eigenvalue weighted by atomic mass is 10.1. The van der Waals surface area contributed by atoms with Crippen molar-refractivity contribution in [3.63, 3.8) is 0 Å². The Bertz CT molecular complexity index is 692. The smallest absolute Gasteiger partial charge is 0.158 e. The van der Waals surface area contributed by atoms with E-state index in [9.17, 15) is 4.79 Å². The average molecular weight is 364 g/mol. The molecule has 0 amide bonds. The molecule has 3 nitrogen and oxygen atoms in total. The number of rotatable bonds is 13. The van der Waals surface area contributed by atoms with Crippen molar-refractivity contribution < 1.29 is 14.3 Å². The topological polar surface area (TPSA) is 35.5 Å². The van der Waals surface area contributed by atoms with Crippen molar-refractivity contribution in [2.75, 3.05) is 6.61 Å². The molecule has 0 N–H and O–H groups in total. The summed E-state index contributed by atoms with van der Waals surface area (Å²) in [5.74, 6) is 0.0132. The predicted molar refractivity (Wildman–Crippen MR) is 109 cm³/mol. The summed E-state index contributed by atoms with van der Waals surface area (Å²) >= 11 is 0. The fourth-order valence-corrected chi connectivity index (χ4v) is 2.58. The van der Waals surface area contributed by atoms with Crippen molar-refractivity contribution in [1.29, 1.82) is 0 Å². The lowest BCUT2D eigenvalue weighted by molar-refractivity contribution is -0.113. The van der Waals surface area contributed by atoms with Gasteiger partial charge in [0.25, 0.3) is 0 Å². The minimum Gasteiger partial charge on any atom is -0.377 e. The van der Waals surface area contributed by atoms with Gasteiger partial charge >= 0.3 is 0 Å². The van der Waals surface area contributed by atoms with Crippen molar-refractivity contribution in [3.05, 3.63) is 96.6 Å². The van der Waals surface area contributed by atoms with E-state index in [1.807, 2.05) is 60.7 Å². The molecule has 0 bridgehead atoms. The molecule has 0 fully saturated rings. The summed E-state index contributed by atoms with van der Waals surface area (Å²) in [5, 5.41) is 0. The number of benzene rings is 2. The second-order valence-corrected chi connectivity index (χ2v) is 6.32. The molecule has 0 radical (unpaired) electrons. The monoisotopic (exact) mass is 364 g/mol. The summed E-state index contributed by atoms with van der Waals surface area (Å²) in [4.78, 5) is 11.4. The lowest BCUT2D eigenvalue weighted by Crippen LogP contribution is -2.11. The molecule has 0 saturated heterocycles. The number of allylic oxidation sites excluding steroid dienone is 2. The highest BCUT2D eigenvalue weighted by Gasteiger charge is 2.06. The van der Waals surface area contributed by atoms with Gasteiger partial charge in [-0.15, -0.1) is 0 Å². The lowest BCUT2D eigenvalue weighted by Gasteiger charge is -2.15. The first-order valence-electron chi connectivity index (χ1n) is 9.37. The van der Waals surface area contributed by atoms with Crippen molar-refractivity contribution >= 4 is 5.78 Å². The van der Waals surface area contributed by atoms with Gasteiger partial charge in [-0.25, -0.2) is 0 Å². The SMILES string of the molecule is C=CC(=O)C/C=C/[C@@H](CCCOCc1ccccc1)OCc1ccccc1. The third-order valence-corrected chi connectivity index (χ3v) is 4.09. The molecule has 142 valence electrons. The minimum atomic E-state index is -0.0388. The van der Waals surface area contributed by atoms with E-state index < -0.39 is 0 Å². The molecule has 3 heteroatoms. The van der Waals surface area contributed by atoms with Crippen LogP contribution in [0.15, 0.2) is 85.5 Å². The Morgan fingerprint density at radius 3 is 2.22 bits per heavy atom. The second-order valence-electron chi connectivity index (χ2n) is 6.32. The van der Waals surface area contributed by atoms with Gasteiger partial charge in [0.05, 0.1) is 19.3 Å². The summed E-state index contributed by atoms with van der Waals surface area (Å²) in [6.45, 7) is 5.36. The third kappa shape index (κ3) is 9.13. The number of ketones is 1. The third-order valence-electron chi connectivity index (χ3n) is 4.09. The molecule has 0 aliphatic heterocycles. The fraction of sp³-hybridized carbons (Fsp3) is 0.292. The molecule has 0 saturated carbocycles. The van der Waals surface area contributed by atoms with Crippen LogP contribution in [0.2, 0.25) is 0 Å². The van der Waals surface area contributed by atoms with E-state index >= 15 is 0 Å². The zero-order valence-electron chi connectivity index (χ0n) is 15.8. The first kappa shape index (κ1) is 20.8. The Balaban J connectivity index is 1.75. The van der Waals surface area contributed by atoms with Crippen LogP contribution in [0.5, 0.6) is 0 Å². The van der Waals surface area contributed by atoms with Gasteiger partial charge < -0.3 is 9.47 Å². The van der Waals surface area contributed by atoms with Gasteiger partial charge in [-0.05, 0) is 30.0 Å². The Labute approximate surface area is 162 Å². The molecule has 2 rings (SSSR count). The summed E-state index contributed by atoms with van der Waals surface area (Å²) in [7, 11) is 0. The van der Waals surface area contributed by atoms with E-state index in [0.717, 1.165) is 18.4 Å². The first-order valence-corrected chi connectivity index (χ1v) is 9.37. The van der Waals surface area contributed by atoms with Gasteiger partial charge in [0, 0.05) is 13.0 Å². The van der Waals surface area contributed by atoms with Crippen LogP contribution >= 0.6 is 0 Å². The molecule has 0 heterocycles. The Hall–Kier alpha value is -2.49. The molecule has 0 aliphatic rings. The van der Waals surface area contributed by atoms with Crippen molar-refractivity contribution in [3.8, 4) is 0 Å². The van der Waals surface area contributed by atoms with Crippen LogP contribution in [0.4, 0.5) is 0 Å². The van der Waals surface area contributed by atoms with Crippen LogP contribution in [0.3, 0.4) is 0 Å². The maximum atomic E-state index is 11.4. The molecule has 2 aromatic rings. The summed E-state index contributed by atoms with van der Waals surface area (Å²) < 4.78 is 11.8. The standard InChI is InChI=1S/C24H28O3/c1-2-23(25)15-9-16-24(27-20-22-13-7-4-8-14-22)17-10-18-26-19-21-11-5-3-6-12-21/h2-9,11-14,16,24H,1,10,15,17-20H2/b16-9+/t24-/m0/s1. The largest absolute Gasteiger partial charge is 0.377 e. The van der Waals surface area contributed by atoms with Gasteiger partial charge in [0.1, 0.15) is 0 Å². The maximum Gasteiger partial charge on any atom is 0.158 e. The molecule has 0 aliphatic carbocycles. The van der Waals surface area contributed by atoms with Gasteiger partial charge in [-0.2, -0.15) is 0 Å². The van der Waals surface area contributed by atoms with E-state index in [0.29, 0.717) is 26.2 Å². The average Bonchev–Trinajstić information content (AvgIpc) is 2.72. The molecule has 0 unspecified atom stereocenters. The Morgan fingerprint density at radius 1 is 0.963 bits per heavy atom. The van der Waals surface area contributed by atoms with Crippen LogP contribution in [-0.4, -0.2) is 18.5 Å². The molecule has 1 atom stereocenters. The van der Waals surface area contributed by atoms with Crippen molar-refractivity contribution in [1.82, 2.24) is 0 Å². The van der Waals surface area contributed by atoms with Crippen molar-refractivity contribution in [2.24, 2.45) is 0 Å². The van der Waals surface area contributed by atoms with Crippen LogP contribution in [-0.2, 0) is 27.5 Å².